The highest BCUT2D eigenvalue weighted by Crippen LogP contribution is 2.30. The molecule has 1 aliphatic heterocycles. The number of nitrogens with two attached hydrogens (primary N) is 1. The molecule has 1 amide bonds. The molecule has 0 spiro atoms. The van der Waals surface area contributed by atoms with Crippen LogP contribution in [0.2, 0.25) is 0 Å². The van der Waals surface area contributed by atoms with E-state index in [1.165, 1.54) is 6.07 Å². The summed E-state index contributed by atoms with van der Waals surface area (Å²) in [5, 5.41) is 11.4. The van der Waals surface area contributed by atoms with Gasteiger partial charge in [-0.3, -0.25) is 9.59 Å². The van der Waals surface area contributed by atoms with Crippen molar-refractivity contribution in [3.63, 3.8) is 0 Å². The van der Waals surface area contributed by atoms with Crippen molar-refractivity contribution in [1.82, 2.24) is 0 Å². The van der Waals surface area contributed by atoms with Crippen molar-refractivity contribution in [2.24, 2.45) is 11.7 Å². The van der Waals surface area contributed by atoms with Crippen LogP contribution in [0.4, 0.5) is 10.1 Å². The first-order valence-corrected chi connectivity index (χ1v) is 6.96. The maximum atomic E-state index is 14.1. The number of nitrogens with one attached hydrogen (secondary N) is 1. The number of hydrogen-bond acceptors (Lipinski definition) is 3. The predicted octanol–water partition coefficient (Wildman–Crippen LogP) is 2.21. The second-order valence-electron chi connectivity index (χ2n) is 5.62. The Morgan fingerprint density at radius 1 is 1.48 bits per heavy atom. The number of hydrogen-bond donors (Lipinski definition) is 3. The van der Waals surface area contributed by atoms with E-state index in [2.05, 4.69) is 5.32 Å². The lowest BCUT2D eigenvalue weighted by molar-refractivity contribution is -0.138. The van der Waals surface area contributed by atoms with Crippen molar-refractivity contribution >= 4 is 17.6 Å². The lowest BCUT2D eigenvalue weighted by Crippen LogP contribution is -2.22. The predicted molar refractivity (Wildman–Crippen MR) is 76.3 cm³/mol. The maximum absolute atomic E-state index is 14.1. The van der Waals surface area contributed by atoms with Crippen molar-refractivity contribution in [2.75, 3.05) is 5.32 Å². The molecule has 21 heavy (non-hydrogen) atoms. The summed E-state index contributed by atoms with van der Waals surface area (Å²) in [6.07, 6.45) is 1.35. The number of carbonyl (C=O) groups excluding carboxylic acids is 1. The zero-order valence-electron chi connectivity index (χ0n) is 11.9. The van der Waals surface area contributed by atoms with E-state index in [0.717, 1.165) is 5.56 Å². The molecule has 6 heteroatoms. The Kier molecular flexibility index (Phi) is 4.57. The first-order chi connectivity index (χ1) is 9.86. The number of amides is 1. The number of fused-ring (bicyclic) bond motifs is 1. The van der Waals surface area contributed by atoms with Gasteiger partial charge in [0.15, 0.2) is 0 Å². The molecule has 5 nitrogen and oxygen atoms in total. The number of anilines is 1. The fourth-order valence-electron chi connectivity index (χ4n) is 2.65. The zero-order chi connectivity index (χ0) is 15.6. The highest BCUT2D eigenvalue weighted by atomic mass is 19.1. The van der Waals surface area contributed by atoms with E-state index in [9.17, 15) is 14.0 Å². The van der Waals surface area contributed by atoms with E-state index in [1.807, 2.05) is 0 Å². The van der Waals surface area contributed by atoms with Gasteiger partial charge >= 0.3 is 5.97 Å². The number of aryl methyl sites for hydroxylation is 1. The van der Waals surface area contributed by atoms with Crippen molar-refractivity contribution in [1.29, 1.82) is 0 Å². The summed E-state index contributed by atoms with van der Waals surface area (Å²) in [7, 11) is 0. The van der Waals surface area contributed by atoms with Crippen LogP contribution in [0.5, 0.6) is 0 Å². The molecular weight excluding hydrogens is 275 g/mol. The molecule has 4 N–H and O–H groups in total. The number of benzene rings is 1. The monoisotopic (exact) mass is 294 g/mol. The highest BCUT2D eigenvalue weighted by molar-refractivity contribution is 5.93. The average Bonchev–Trinajstić information content (AvgIpc) is 2.36. The quantitative estimate of drug-likeness (QED) is 0.776. The standard InChI is InChI=1S/C15H19FN2O3/c1-8(5-15(20)21)4-12(17)10-6-9-2-3-14(19)18-13(9)7-11(10)16/h6-8,12H,2-5,17H2,1H3,(H,18,19)(H,20,21). The lowest BCUT2D eigenvalue weighted by Gasteiger charge is -2.22. The summed E-state index contributed by atoms with van der Waals surface area (Å²) in [4.78, 5) is 22.0. The first kappa shape index (κ1) is 15.4. The summed E-state index contributed by atoms with van der Waals surface area (Å²) in [5.74, 6) is -1.60. The van der Waals surface area contributed by atoms with Gasteiger partial charge in [0.05, 0.1) is 0 Å². The van der Waals surface area contributed by atoms with Gasteiger partial charge in [0, 0.05) is 30.1 Å². The molecule has 1 aromatic carbocycles. The van der Waals surface area contributed by atoms with Crippen molar-refractivity contribution in [2.45, 2.75) is 38.6 Å². The van der Waals surface area contributed by atoms with Gasteiger partial charge in [-0.2, -0.15) is 0 Å². The molecule has 1 heterocycles. The van der Waals surface area contributed by atoms with Crippen molar-refractivity contribution in [3.8, 4) is 0 Å². The van der Waals surface area contributed by atoms with Crippen molar-refractivity contribution in [3.05, 3.63) is 29.1 Å². The number of rotatable bonds is 5. The van der Waals surface area contributed by atoms with Gasteiger partial charge in [0.1, 0.15) is 5.82 Å². The molecule has 0 radical (unpaired) electrons. The van der Waals surface area contributed by atoms with Gasteiger partial charge in [0.2, 0.25) is 5.91 Å². The third-order valence-electron chi connectivity index (χ3n) is 3.70. The Bertz CT molecular complexity index is 574. The van der Waals surface area contributed by atoms with Crippen LogP contribution in [-0.4, -0.2) is 17.0 Å². The molecule has 0 aliphatic carbocycles. The van der Waals surface area contributed by atoms with Crippen LogP contribution in [0.15, 0.2) is 12.1 Å². The topological polar surface area (TPSA) is 92.4 Å². The van der Waals surface area contributed by atoms with E-state index in [-0.39, 0.29) is 18.2 Å². The second kappa shape index (κ2) is 6.22. The molecule has 2 atom stereocenters. The lowest BCUT2D eigenvalue weighted by atomic mass is 9.91. The first-order valence-electron chi connectivity index (χ1n) is 6.96. The molecule has 0 saturated heterocycles. The Labute approximate surface area is 122 Å². The third kappa shape index (κ3) is 3.78. The summed E-state index contributed by atoms with van der Waals surface area (Å²) in [5.41, 5.74) is 7.76. The van der Waals surface area contributed by atoms with Crippen molar-refractivity contribution < 1.29 is 19.1 Å². The third-order valence-corrected chi connectivity index (χ3v) is 3.70. The van der Waals surface area contributed by atoms with Gasteiger partial charge in [-0.15, -0.1) is 0 Å². The number of carboxylic acids is 1. The van der Waals surface area contributed by atoms with E-state index in [4.69, 9.17) is 10.8 Å². The minimum Gasteiger partial charge on any atom is -0.481 e. The normalized spacial score (nSPS) is 16.8. The molecule has 114 valence electrons. The molecule has 0 aromatic heterocycles. The minimum absolute atomic E-state index is 0.0102. The molecule has 0 fully saturated rings. The van der Waals surface area contributed by atoms with Crippen LogP contribution < -0.4 is 11.1 Å². The van der Waals surface area contributed by atoms with Crippen LogP contribution >= 0.6 is 0 Å². The van der Waals surface area contributed by atoms with E-state index in [1.54, 1.807) is 13.0 Å². The number of carboxylic acid groups (broad SMARTS) is 1. The summed E-state index contributed by atoms with van der Waals surface area (Å²) in [6, 6.07) is 2.42. The molecule has 1 aromatic rings. The molecule has 0 bridgehead atoms. The van der Waals surface area contributed by atoms with E-state index in [0.29, 0.717) is 30.5 Å². The van der Waals surface area contributed by atoms with Gasteiger partial charge in [-0.05, 0) is 36.5 Å². The molecule has 0 saturated carbocycles. The Morgan fingerprint density at radius 2 is 2.19 bits per heavy atom. The Hall–Kier alpha value is -1.95. The average molecular weight is 294 g/mol. The van der Waals surface area contributed by atoms with Gasteiger partial charge in [0.25, 0.3) is 0 Å². The van der Waals surface area contributed by atoms with E-state index < -0.39 is 17.8 Å². The van der Waals surface area contributed by atoms with E-state index >= 15 is 0 Å². The minimum atomic E-state index is -0.886. The van der Waals surface area contributed by atoms with Crippen LogP contribution in [0.25, 0.3) is 0 Å². The SMILES string of the molecule is CC(CC(=O)O)CC(N)c1cc2c(cc1F)NC(=O)CC2. The fourth-order valence-corrected chi connectivity index (χ4v) is 2.65. The molecular formula is C15H19FN2O3. The van der Waals surface area contributed by atoms with Gasteiger partial charge < -0.3 is 16.2 Å². The summed E-state index contributed by atoms with van der Waals surface area (Å²) >= 11 is 0. The maximum Gasteiger partial charge on any atom is 0.303 e. The largest absolute Gasteiger partial charge is 0.481 e. The number of aliphatic carboxylic acids is 1. The van der Waals surface area contributed by atoms with Gasteiger partial charge in [-0.1, -0.05) is 6.92 Å². The highest BCUT2D eigenvalue weighted by Gasteiger charge is 2.21. The number of halogens is 1. The Morgan fingerprint density at radius 3 is 2.86 bits per heavy atom. The van der Waals surface area contributed by atoms with Crippen LogP contribution in [-0.2, 0) is 16.0 Å². The van der Waals surface area contributed by atoms with Crippen LogP contribution in [0, 0.1) is 11.7 Å². The zero-order valence-corrected chi connectivity index (χ0v) is 11.9. The van der Waals surface area contributed by atoms with Gasteiger partial charge in [-0.25, -0.2) is 4.39 Å². The number of carbonyl (C=O) groups is 2. The smallest absolute Gasteiger partial charge is 0.303 e. The second-order valence-corrected chi connectivity index (χ2v) is 5.62. The summed E-state index contributed by atoms with van der Waals surface area (Å²) < 4.78 is 14.1. The molecule has 2 unspecified atom stereocenters. The molecule has 1 aliphatic rings. The van der Waals surface area contributed by atoms with Crippen LogP contribution in [0.3, 0.4) is 0 Å². The molecule has 2 rings (SSSR count). The summed E-state index contributed by atoms with van der Waals surface area (Å²) in [6.45, 7) is 1.78. The van der Waals surface area contributed by atoms with Crippen LogP contribution in [0.1, 0.15) is 43.4 Å². The fraction of sp³-hybridized carbons (Fsp3) is 0.467. The Balaban J connectivity index is 2.16.